The van der Waals surface area contributed by atoms with Gasteiger partial charge in [-0.2, -0.15) is 0 Å². The maximum absolute atomic E-state index is 12.7. The van der Waals surface area contributed by atoms with Gasteiger partial charge in [-0.3, -0.25) is 14.5 Å². The van der Waals surface area contributed by atoms with Gasteiger partial charge in [-0.1, -0.05) is 11.8 Å². The summed E-state index contributed by atoms with van der Waals surface area (Å²) in [7, 11) is 0. The molecule has 4 heterocycles. The van der Waals surface area contributed by atoms with E-state index in [4.69, 9.17) is 0 Å². The van der Waals surface area contributed by atoms with E-state index in [0.717, 1.165) is 22.9 Å². The van der Waals surface area contributed by atoms with E-state index < -0.39 is 0 Å². The number of pyridine rings is 1. The molecule has 7 heteroatoms. The lowest BCUT2D eigenvalue weighted by molar-refractivity contribution is -0.114. The quantitative estimate of drug-likeness (QED) is 0.790. The first kappa shape index (κ1) is 19.9. The number of rotatable bonds is 5. The number of carbonyl (C=O) groups excluding carboxylic acids is 2. The van der Waals surface area contributed by atoms with E-state index in [1.54, 1.807) is 24.0 Å². The highest BCUT2D eigenvalue weighted by Gasteiger charge is 2.40. The van der Waals surface area contributed by atoms with Gasteiger partial charge in [-0.25, -0.2) is 4.98 Å². The van der Waals surface area contributed by atoms with Gasteiger partial charge in [0.15, 0.2) is 0 Å². The Balaban J connectivity index is 1.36. The van der Waals surface area contributed by atoms with E-state index in [-0.39, 0.29) is 17.9 Å². The Kier molecular flexibility index (Phi) is 5.87. The van der Waals surface area contributed by atoms with E-state index in [9.17, 15) is 9.59 Å². The molecule has 0 spiro atoms. The van der Waals surface area contributed by atoms with Crippen LogP contribution in [0.25, 0.3) is 0 Å². The molecule has 1 aromatic carbocycles. The van der Waals surface area contributed by atoms with E-state index in [1.807, 2.05) is 30.3 Å². The van der Waals surface area contributed by atoms with Crippen molar-refractivity contribution in [2.75, 3.05) is 18.4 Å². The van der Waals surface area contributed by atoms with Crippen molar-refractivity contribution >= 4 is 29.4 Å². The topological polar surface area (TPSA) is 74.3 Å². The van der Waals surface area contributed by atoms with Gasteiger partial charge in [0.1, 0.15) is 5.82 Å². The third-order valence-electron chi connectivity index (χ3n) is 5.87. The van der Waals surface area contributed by atoms with Crippen LogP contribution in [0.1, 0.15) is 37.0 Å². The monoisotopic (exact) mass is 410 g/mol. The van der Waals surface area contributed by atoms with Gasteiger partial charge >= 0.3 is 0 Å². The molecule has 2 aromatic rings. The number of amides is 2. The van der Waals surface area contributed by atoms with E-state index in [0.29, 0.717) is 23.3 Å². The summed E-state index contributed by atoms with van der Waals surface area (Å²) in [5.74, 6) is 1.01. The minimum atomic E-state index is -0.139. The second-order valence-electron chi connectivity index (χ2n) is 7.80. The Morgan fingerprint density at radius 1 is 1.07 bits per heavy atom. The van der Waals surface area contributed by atoms with Crippen LogP contribution in [-0.2, 0) is 4.79 Å². The van der Waals surface area contributed by atoms with Crippen LogP contribution in [0.3, 0.4) is 0 Å². The fourth-order valence-electron chi connectivity index (χ4n) is 4.29. The Hall–Kier alpha value is -2.38. The summed E-state index contributed by atoms with van der Waals surface area (Å²) in [5.41, 5.74) is 0.692. The fraction of sp³-hybridized carbons (Fsp3) is 0.409. The number of carbonyl (C=O) groups is 2. The normalized spacial score (nSPS) is 25.4. The van der Waals surface area contributed by atoms with Crippen LogP contribution in [0.5, 0.6) is 0 Å². The van der Waals surface area contributed by atoms with Crippen LogP contribution in [0.15, 0.2) is 52.4 Å². The van der Waals surface area contributed by atoms with Crippen LogP contribution < -0.4 is 10.6 Å². The molecule has 29 heavy (non-hydrogen) atoms. The third kappa shape index (κ3) is 4.62. The number of nitrogens with one attached hydrogen (secondary N) is 2. The second-order valence-corrected chi connectivity index (χ2v) is 8.95. The standard InChI is InChI=1S/C22H26N4O2S/c1-14-21(16-9-11-26(14)12-10-16)25-22(28)17-3-5-18(6-4-17)29-19-7-8-20(23-13-19)24-15(2)27/h3-8,13-14,16,21H,9-12H2,1-2H3,(H,25,28)(H,23,24,27)/t14-,21-/m0/s1. The minimum Gasteiger partial charge on any atom is -0.347 e. The molecule has 3 fully saturated rings. The number of hydrogen-bond acceptors (Lipinski definition) is 5. The Morgan fingerprint density at radius 3 is 2.34 bits per heavy atom. The van der Waals surface area contributed by atoms with Gasteiger partial charge in [-0.05, 0) is 75.2 Å². The highest BCUT2D eigenvalue weighted by Crippen LogP contribution is 2.32. The first-order chi connectivity index (χ1) is 14.0. The van der Waals surface area contributed by atoms with Gasteiger partial charge in [0, 0.05) is 40.6 Å². The lowest BCUT2D eigenvalue weighted by Crippen LogP contribution is -2.62. The largest absolute Gasteiger partial charge is 0.347 e. The average Bonchev–Trinajstić information content (AvgIpc) is 2.72. The molecule has 2 bridgehead atoms. The molecule has 2 atom stereocenters. The van der Waals surface area contributed by atoms with Crippen LogP contribution in [0.4, 0.5) is 5.82 Å². The lowest BCUT2D eigenvalue weighted by atomic mass is 9.79. The summed E-state index contributed by atoms with van der Waals surface area (Å²) in [6.07, 6.45) is 4.09. The summed E-state index contributed by atoms with van der Waals surface area (Å²) in [6, 6.07) is 12.0. The number of nitrogens with zero attached hydrogens (tertiary/aromatic N) is 2. The number of anilines is 1. The van der Waals surface area contributed by atoms with Crippen LogP contribution in [0, 0.1) is 5.92 Å². The van der Waals surface area contributed by atoms with Crippen LogP contribution in [0.2, 0.25) is 0 Å². The lowest BCUT2D eigenvalue weighted by Gasteiger charge is -2.49. The zero-order valence-electron chi connectivity index (χ0n) is 16.7. The molecule has 6 nitrogen and oxygen atoms in total. The molecular weight excluding hydrogens is 384 g/mol. The molecule has 152 valence electrons. The highest BCUT2D eigenvalue weighted by molar-refractivity contribution is 7.99. The average molecular weight is 411 g/mol. The predicted octanol–water partition coefficient (Wildman–Crippen LogP) is 3.40. The first-order valence-corrected chi connectivity index (χ1v) is 10.9. The minimum absolute atomic E-state index is 0.00785. The molecular formula is C22H26N4O2S. The molecule has 2 N–H and O–H groups in total. The molecule has 1 aromatic heterocycles. The van der Waals surface area contributed by atoms with Crippen molar-refractivity contribution < 1.29 is 9.59 Å². The second kappa shape index (κ2) is 8.55. The molecule has 3 aliphatic rings. The molecule has 5 rings (SSSR count). The number of hydrogen-bond donors (Lipinski definition) is 2. The van der Waals surface area contributed by atoms with Crippen molar-refractivity contribution in [3.05, 3.63) is 48.2 Å². The maximum Gasteiger partial charge on any atom is 0.251 e. The van der Waals surface area contributed by atoms with Crippen molar-refractivity contribution in [1.82, 2.24) is 15.2 Å². The first-order valence-electron chi connectivity index (χ1n) is 10.1. The predicted molar refractivity (Wildman–Crippen MR) is 114 cm³/mol. The van der Waals surface area contributed by atoms with Gasteiger partial charge in [0.25, 0.3) is 5.91 Å². The molecule has 0 unspecified atom stereocenters. The zero-order valence-corrected chi connectivity index (χ0v) is 17.5. The number of piperidine rings is 3. The van der Waals surface area contributed by atoms with Crippen molar-refractivity contribution in [2.24, 2.45) is 5.92 Å². The summed E-state index contributed by atoms with van der Waals surface area (Å²) in [4.78, 5) is 32.5. The molecule has 0 radical (unpaired) electrons. The Bertz CT molecular complexity index is 875. The summed E-state index contributed by atoms with van der Waals surface area (Å²) >= 11 is 1.57. The maximum atomic E-state index is 12.7. The summed E-state index contributed by atoms with van der Waals surface area (Å²) in [5, 5.41) is 5.93. The van der Waals surface area contributed by atoms with Crippen molar-refractivity contribution in [3.8, 4) is 0 Å². The van der Waals surface area contributed by atoms with Crippen molar-refractivity contribution in [2.45, 2.75) is 48.6 Å². The van der Waals surface area contributed by atoms with Crippen molar-refractivity contribution in [1.29, 1.82) is 0 Å². The fourth-order valence-corrected chi connectivity index (χ4v) is 5.07. The smallest absolute Gasteiger partial charge is 0.251 e. The number of benzene rings is 1. The summed E-state index contributed by atoms with van der Waals surface area (Å²) < 4.78 is 0. The highest BCUT2D eigenvalue weighted by atomic mass is 32.2. The van der Waals surface area contributed by atoms with E-state index in [2.05, 4.69) is 27.4 Å². The van der Waals surface area contributed by atoms with Gasteiger partial charge < -0.3 is 10.6 Å². The Labute approximate surface area is 175 Å². The van der Waals surface area contributed by atoms with Gasteiger partial charge in [0.2, 0.25) is 5.91 Å². The number of aromatic nitrogens is 1. The van der Waals surface area contributed by atoms with Gasteiger partial charge in [0.05, 0.1) is 0 Å². The molecule has 0 saturated carbocycles. The third-order valence-corrected chi connectivity index (χ3v) is 6.85. The molecule has 3 aliphatic heterocycles. The SMILES string of the molecule is CC(=O)Nc1ccc(Sc2ccc(C(=O)N[C@@H]3C4CCN(CC4)[C@H]3C)cc2)cn1. The molecule has 0 aliphatic carbocycles. The molecule has 3 saturated heterocycles. The van der Waals surface area contributed by atoms with Crippen LogP contribution >= 0.6 is 11.8 Å². The van der Waals surface area contributed by atoms with Crippen LogP contribution in [-0.4, -0.2) is 46.9 Å². The summed E-state index contributed by atoms with van der Waals surface area (Å²) in [6.45, 7) is 6.00. The zero-order chi connectivity index (χ0) is 20.4. The number of fused-ring (bicyclic) bond motifs is 3. The van der Waals surface area contributed by atoms with Gasteiger partial charge in [-0.15, -0.1) is 0 Å². The Morgan fingerprint density at radius 2 is 1.76 bits per heavy atom. The molecule has 2 amide bonds. The van der Waals surface area contributed by atoms with Crippen molar-refractivity contribution in [3.63, 3.8) is 0 Å². The van der Waals surface area contributed by atoms with E-state index in [1.165, 1.54) is 19.8 Å². The van der Waals surface area contributed by atoms with E-state index >= 15 is 0 Å².